The summed E-state index contributed by atoms with van der Waals surface area (Å²) in [6.45, 7) is 4.08. The number of carbonyl (C=O) groups excluding carboxylic acids is 2. The number of hydrogen-bond acceptors (Lipinski definition) is 4. The lowest BCUT2D eigenvalue weighted by Gasteiger charge is -2.13. The summed E-state index contributed by atoms with van der Waals surface area (Å²) in [6.07, 6.45) is 4.42. The van der Waals surface area contributed by atoms with E-state index in [9.17, 15) is 19.7 Å². The third kappa shape index (κ3) is 7.71. The number of carbonyl (C=O) groups is 2. The summed E-state index contributed by atoms with van der Waals surface area (Å²) in [7, 11) is 0. The molecule has 2 N–H and O–H groups in total. The van der Waals surface area contributed by atoms with Crippen molar-refractivity contribution in [1.82, 2.24) is 5.32 Å². The second-order valence-electron chi connectivity index (χ2n) is 5.82. The van der Waals surface area contributed by atoms with Crippen LogP contribution in [0.5, 0.6) is 0 Å². The molecule has 7 nitrogen and oxygen atoms in total. The quantitative estimate of drug-likeness (QED) is 0.389. The molecule has 1 atom stereocenters. The number of nitrogens with one attached hydrogen (secondary N) is 2. The van der Waals surface area contributed by atoms with Crippen LogP contribution in [0.25, 0.3) is 0 Å². The minimum Gasteiger partial charge on any atom is -0.354 e. The number of amides is 2. The Morgan fingerprint density at radius 1 is 1.21 bits per heavy atom. The van der Waals surface area contributed by atoms with Gasteiger partial charge in [0.15, 0.2) is 0 Å². The Bertz CT molecular complexity index is 575. The Hall–Kier alpha value is -2.44. The predicted molar refractivity (Wildman–Crippen MR) is 92.7 cm³/mol. The summed E-state index contributed by atoms with van der Waals surface area (Å²) in [6, 6.07) is 5.81. The SMILES string of the molecule is CCCCC[C@@H](C)NC(=O)CCC(=O)Nc1cccc([N+](=O)[O-])c1. The van der Waals surface area contributed by atoms with Crippen molar-refractivity contribution in [3.63, 3.8) is 0 Å². The van der Waals surface area contributed by atoms with E-state index in [-0.39, 0.29) is 36.4 Å². The van der Waals surface area contributed by atoms with Gasteiger partial charge in [-0.15, -0.1) is 0 Å². The molecule has 1 rings (SSSR count). The predicted octanol–water partition coefficient (Wildman–Crippen LogP) is 3.40. The van der Waals surface area contributed by atoms with Crippen molar-refractivity contribution in [2.24, 2.45) is 0 Å². The molecule has 24 heavy (non-hydrogen) atoms. The van der Waals surface area contributed by atoms with Gasteiger partial charge in [0.1, 0.15) is 0 Å². The fourth-order valence-electron chi connectivity index (χ4n) is 2.27. The molecule has 0 spiro atoms. The number of unbranched alkanes of at least 4 members (excludes halogenated alkanes) is 2. The first-order valence-corrected chi connectivity index (χ1v) is 8.26. The van der Waals surface area contributed by atoms with Gasteiger partial charge in [0.25, 0.3) is 5.69 Å². The normalized spacial score (nSPS) is 11.6. The molecule has 1 aromatic rings. The van der Waals surface area contributed by atoms with E-state index in [1.54, 1.807) is 6.07 Å². The van der Waals surface area contributed by atoms with Crippen molar-refractivity contribution in [3.8, 4) is 0 Å². The van der Waals surface area contributed by atoms with Gasteiger partial charge in [-0.1, -0.05) is 32.3 Å². The number of hydrogen-bond donors (Lipinski definition) is 2. The lowest BCUT2D eigenvalue weighted by Crippen LogP contribution is -2.33. The maximum atomic E-state index is 11.8. The monoisotopic (exact) mass is 335 g/mol. The summed E-state index contributed by atoms with van der Waals surface area (Å²) < 4.78 is 0. The fraction of sp³-hybridized carbons (Fsp3) is 0.529. The molecule has 0 fully saturated rings. The molecule has 0 aliphatic heterocycles. The van der Waals surface area contributed by atoms with Gasteiger partial charge in [-0.3, -0.25) is 19.7 Å². The smallest absolute Gasteiger partial charge is 0.271 e. The van der Waals surface area contributed by atoms with E-state index in [1.165, 1.54) is 18.2 Å². The summed E-state index contributed by atoms with van der Waals surface area (Å²) >= 11 is 0. The lowest BCUT2D eigenvalue weighted by atomic mass is 10.1. The number of anilines is 1. The number of non-ortho nitro benzene ring substituents is 1. The Morgan fingerprint density at radius 2 is 1.92 bits per heavy atom. The molecule has 0 heterocycles. The first kappa shape index (κ1) is 19.6. The number of rotatable bonds is 10. The molecule has 0 aromatic heterocycles. The zero-order valence-corrected chi connectivity index (χ0v) is 14.2. The van der Waals surface area contributed by atoms with Gasteiger partial charge in [0.2, 0.25) is 11.8 Å². The van der Waals surface area contributed by atoms with Crippen molar-refractivity contribution in [3.05, 3.63) is 34.4 Å². The fourth-order valence-corrected chi connectivity index (χ4v) is 2.27. The highest BCUT2D eigenvalue weighted by Gasteiger charge is 2.11. The molecule has 0 saturated carbocycles. The van der Waals surface area contributed by atoms with Gasteiger partial charge in [-0.05, 0) is 19.4 Å². The van der Waals surface area contributed by atoms with Gasteiger partial charge in [-0.25, -0.2) is 0 Å². The van der Waals surface area contributed by atoms with E-state index >= 15 is 0 Å². The standard InChI is InChI=1S/C17H25N3O4/c1-3-4-5-7-13(2)18-16(21)10-11-17(22)19-14-8-6-9-15(12-14)20(23)24/h6,8-9,12-13H,3-5,7,10-11H2,1-2H3,(H,18,21)(H,19,22)/t13-/m1/s1. The minimum atomic E-state index is -0.525. The van der Waals surface area contributed by atoms with E-state index in [2.05, 4.69) is 17.6 Å². The number of nitro groups is 1. The Balaban J connectivity index is 2.34. The average Bonchev–Trinajstić information content (AvgIpc) is 2.53. The molecule has 2 amide bonds. The summed E-state index contributed by atoms with van der Waals surface area (Å²) in [5, 5.41) is 16.1. The summed E-state index contributed by atoms with van der Waals surface area (Å²) in [5.74, 6) is -0.502. The zero-order valence-electron chi connectivity index (χ0n) is 14.2. The first-order valence-electron chi connectivity index (χ1n) is 8.26. The van der Waals surface area contributed by atoms with Gasteiger partial charge in [-0.2, -0.15) is 0 Å². The number of benzene rings is 1. The zero-order chi connectivity index (χ0) is 17.9. The van der Waals surface area contributed by atoms with Crippen LogP contribution in [0.3, 0.4) is 0 Å². The van der Waals surface area contributed by atoms with Crippen molar-refractivity contribution in [2.45, 2.75) is 58.4 Å². The van der Waals surface area contributed by atoms with Crippen LogP contribution in [0.4, 0.5) is 11.4 Å². The molecule has 1 aromatic carbocycles. The van der Waals surface area contributed by atoms with E-state index < -0.39 is 4.92 Å². The minimum absolute atomic E-state index is 0.0379. The van der Waals surface area contributed by atoms with Gasteiger partial charge in [0.05, 0.1) is 4.92 Å². The third-order valence-corrected chi connectivity index (χ3v) is 3.57. The van der Waals surface area contributed by atoms with E-state index in [0.717, 1.165) is 25.7 Å². The van der Waals surface area contributed by atoms with Crippen LogP contribution >= 0.6 is 0 Å². The molecule has 0 saturated heterocycles. The van der Waals surface area contributed by atoms with Crippen LogP contribution in [0.15, 0.2) is 24.3 Å². The third-order valence-electron chi connectivity index (χ3n) is 3.57. The van der Waals surface area contributed by atoms with Crippen molar-refractivity contribution in [1.29, 1.82) is 0 Å². The largest absolute Gasteiger partial charge is 0.354 e. The molecule has 0 bridgehead atoms. The molecule has 0 unspecified atom stereocenters. The van der Waals surface area contributed by atoms with E-state index in [4.69, 9.17) is 0 Å². The molecule has 0 radical (unpaired) electrons. The second-order valence-corrected chi connectivity index (χ2v) is 5.82. The van der Waals surface area contributed by atoms with Gasteiger partial charge in [0, 0.05) is 36.7 Å². The topological polar surface area (TPSA) is 101 Å². The number of nitrogens with zero attached hydrogens (tertiary/aromatic N) is 1. The molecule has 7 heteroatoms. The van der Waals surface area contributed by atoms with Gasteiger partial charge >= 0.3 is 0 Å². The highest BCUT2D eigenvalue weighted by Crippen LogP contribution is 2.17. The Kier molecular flexibility index (Phi) is 8.46. The van der Waals surface area contributed by atoms with Gasteiger partial charge < -0.3 is 10.6 Å². The molecule has 132 valence electrons. The van der Waals surface area contributed by atoms with Crippen molar-refractivity contribution < 1.29 is 14.5 Å². The molecular formula is C17H25N3O4. The average molecular weight is 335 g/mol. The summed E-state index contributed by atoms with van der Waals surface area (Å²) in [5.41, 5.74) is 0.258. The van der Waals surface area contributed by atoms with E-state index in [1.807, 2.05) is 6.92 Å². The van der Waals surface area contributed by atoms with Crippen LogP contribution in [0.2, 0.25) is 0 Å². The molecular weight excluding hydrogens is 310 g/mol. The lowest BCUT2D eigenvalue weighted by molar-refractivity contribution is -0.384. The van der Waals surface area contributed by atoms with Crippen LogP contribution in [-0.4, -0.2) is 22.8 Å². The highest BCUT2D eigenvalue weighted by atomic mass is 16.6. The van der Waals surface area contributed by atoms with E-state index in [0.29, 0.717) is 5.69 Å². The maximum absolute atomic E-state index is 11.8. The number of nitro benzene ring substituents is 1. The van der Waals surface area contributed by atoms with Crippen LogP contribution < -0.4 is 10.6 Å². The Labute approximate surface area is 142 Å². The highest BCUT2D eigenvalue weighted by molar-refractivity contribution is 5.93. The van der Waals surface area contributed by atoms with Crippen molar-refractivity contribution in [2.75, 3.05) is 5.32 Å². The van der Waals surface area contributed by atoms with Crippen LogP contribution in [-0.2, 0) is 9.59 Å². The molecule has 0 aliphatic rings. The van der Waals surface area contributed by atoms with Crippen LogP contribution in [0.1, 0.15) is 52.4 Å². The first-order chi connectivity index (χ1) is 11.4. The molecule has 0 aliphatic carbocycles. The maximum Gasteiger partial charge on any atom is 0.271 e. The second kappa shape index (κ2) is 10.4. The van der Waals surface area contributed by atoms with Crippen molar-refractivity contribution >= 4 is 23.2 Å². The Morgan fingerprint density at radius 3 is 2.58 bits per heavy atom. The van der Waals surface area contributed by atoms with Crippen LogP contribution in [0, 0.1) is 10.1 Å². The summed E-state index contributed by atoms with van der Waals surface area (Å²) in [4.78, 5) is 33.8.